The molecule has 3 N–H and O–H groups in total. The first-order valence-corrected chi connectivity index (χ1v) is 17.0. The summed E-state index contributed by atoms with van der Waals surface area (Å²) in [5.74, 6) is -2.20. The molecule has 4 aromatic rings. The smallest absolute Gasteiger partial charge is 0.320 e. The lowest BCUT2D eigenvalue weighted by molar-refractivity contribution is -0.160. The third kappa shape index (κ3) is 5.83. The van der Waals surface area contributed by atoms with Crippen molar-refractivity contribution in [2.24, 2.45) is 5.16 Å². The van der Waals surface area contributed by atoms with Crippen molar-refractivity contribution in [2.45, 2.75) is 36.3 Å². The molecule has 2 unspecified atom stereocenters. The van der Waals surface area contributed by atoms with Crippen molar-refractivity contribution in [3.63, 3.8) is 0 Å². The number of aromatic nitrogens is 1. The fourth-order valence-corrected chi connectivity index (χ4v) is 7.90. The number of hydrogen-bond donors (Lipinski definition) is 2. The van der Waals surface area contributed by atoms with Crippen LogP contribution in [0.5, 0.6) is 5.75 Å². The van der Waals surface area contributed by atoms with Crippen LogP contribution in [0.3, 0.4) is 0 Å². The van der Waals surface area contributed by atoms with Crippen molar-refractivity contribution in [2.75, 3.05) is 31.7 Å². The molecule has 0 radical (unpaired) electrons. The van der Waals surface area contributed by atoms with Gasteiger partial charge in [-0.1, -0.05) is 72.7 Å². The van der Waals surface area contributed by atoms with Crippen LogP contribution in [-0.4, -0.2) is 70.8 Å². The van der Waals surface area contributed by atoms with E-state index in [9.17, 15) is 24.0 Å². The molecular weight excluding hydrogens is 659 g/mol. The highest BCUT2D eigenvalue weighted by Gasteiger charge is 2.61. The van der Waals surface area contributed by atoms with Gasteiger partial charge in [0.25, 0.3) is 11.3 Å². The normalized spacial score (nSPS) is 20.6. The fraction of sp³-hybridized carbons (Fsp3) is 0.303. The molecule has 6 rings (SSSR count). The Hall–Kier alpha value is -5.02. The van der Waals surface area contributed by atoms with E-state index in [1.54, 1.807) is 0 Å². The number of anilines is 1. The number of carbonyl (C=O) groups is 3. The van der Waals surface area contributed by atoms with E-state index in [0.29, 0.717) is 17.5 Å². The maximum atomic E-state index is 14.5. The molecule has 2 saturated heterocycles. The molecule has 15 heteroatoms. The van der Waals surface area contributed by atoms with Gasteiger partial charge in [0.2, 0.25) is 11.3 Å². The number of nitrogens with two attached hydrogens (primary N) is 1. The summed E-state index contributed by atoms with van der Waals surface area (Å²) in [6.07, 6.45) is -0.284. The molecule has 3 aromatic carbocycles. The zero-order chi connectivity index (χ0) is 34.0. The minimum Gasteiger partial charge on any atom is -0.489 e. The van der Waals surface area contributed by atoms with Crippen LogP contribution in [0.1, 0.15) is 41.8 Å². The number of hydrogen-bond acceptors (Lipinski definition) is 13. The Morgan fingerprint density at radius 2 is 1.75 bits per heavy atom. The number of nitrogen functional groups attached to an aromatic ring is 1. The van der Waals surface area contributed by atoms with Crippen LogP contribution in [0.2, 0.25) is 0 Å². The van der Waals surface area contributed by atoms with Gasteiger partial charge in [0.1, 0.15) is 29.6 Å². The highest BCUT2D eigenvalue weighted by Crippen LogP contribution is 2.46. The SMILES string of the molecule is CCCOc1c(C2(C(=O)OC(c3ccccc3)c3ccccc3)CS[C@@H]3C(NC(=O)C(=NOC)c4csc(N)n4)C(=O)N3C2)c(=O)c1=O. The van der Waals surface area contributed by atoms with Gasteiger partial charge >= 0.3 is 5.97 Å². The summed E-state index contributed by atoms with van der Waals surface area (Å²) < 4.78 is 11.9. The Morgan fingerprint density at radius 3 is 2.33 bits per heavy atom. The van der Waals surface area contributed by atoms with Crippen molar-refractivity contribution < 1.29 is 28.7 Å². The van der Waals surface area contributed by atoms with Gasteiger partial charge in [-0.15, -0.1) is 23.1 Å². The van der Waals surface area contributed by atoms with Crippen LogP contribution in [-0.2, 0) is 29.4 Å². The lowest BCUT2D eigenvalue weighted by atomic mass is 9.77. The largest absolute Gasteiger partial charge is 0.489 e. The van der Waals surface area contributed by atoms with Gasteiger partial charge in [-0.3, -0.25) is 24.0 Å². The summed E-state index contributed by atoms with van der Waals surface area (Å²) in [5.41, 5.74) is 3.63. The van der Waals surface area contributed by atoms with E-state index in [2.05, 4.69) is 15.5 Å². The first kappa shape index (κ1) is 32.9. The summed E-state index contributed by atoms with van der Waals surface area (Å²) >= 11 is 2.30. The Morgan fingerprint density at radius 1 is 1.08 bits per heavy atom. The summed E-state index contributed by atoms with van der Waals surface area (Å²) in [5, 5.41) is 7.64. The lowest BCUT2D eigenvalue weighted by Gasteiger charge is -2.54. The number of benzene rings is 2. The summed E-state index contributed by atoms with van der Waals surface area (Å²) in [7, 11) is 1.27. The molecule has 0 saturated carbocycles. The zero-order valence-electron chi connectivity index (χ0n) is 25.9. The van der Waals surface area contributed by atoms with Gasteiger partial charge in [-0.25, -0.2) is 4.98 Å². The quantitative estimate of drug-likeness (QED) is 0.0732. The number of thioether (sulfide) groups is 1. The minimum atomic E-state index is -1.72. The number of amides is 2. The van der Waals surface area contributed by atoms with Gasteiger partial charge in [0.05, 0.1) is 12.2 Å². The van der Waals surface area contributed by atoms with E-state index in [4.69, 9.17) is 20.0 Å². The molecule has 2 aliphatic heterocycles. The van der Waals surface area contributed by atoms with Crippen LogP contribution < -0.4 is 26.6 Å². The summed E-state index contributed by atoms with van der Waals surface area (Å²) in [6, 6.07) is 17.3. The molecule has 1 aromatic heterocycles. The van der Waals surface area contributed by atoms with E-state index in [1.165, 1.54) is 29.2 Å². The molecule has 248 valence electrons. The van der Waals surface area contributed by atoms with E-state index < -0.39 is 51.6 Å². The second kappa shape index (κ2) is 13.6. The van der Waals surface area contributed by atoms with Crippen molar-refractivity contribution in [3.8, 4) is 5.75 Å². The number of nitrogens with one attached hydrogen (secondary N) is 1. The van der Waals surface area contributed by atoms with Crippen LogP contribution in [0.4, 0.5) is 5.13 Å². The summed E-state index contributed by atoms with van der Waals surface area (Å²) in [4.78, 5) is 77.6. The molecule has 0 bridgehead atoms. The Balaban J connectivity index is 1.31. The van der Waals surface area contributed by atoms with Crippen molar-refractivity contribution in [1.29, 1.82) is 0 Å². The van der Waals surface area contributed by atoms with Crippen LogP contribution >= 0.6 is 23.1 Å². The number of thiazole rings is 1. The third-order valence-corrected chi connectivity index (χ3v) is 10.3. The molecular formula is C33H31N5O8S2. The second-order valence-corrected chi connectivity index (χ2v) is 13.2. The number of rotatable bonds is 12. The van der Waals surface area contributed by atoms with Crippen LogP contribution in [0, 0.1) is 0 Å². The molecule has 2 fully saturated rings. The highest BCUT2D eigenvalue weighted by molar-refractivity contribution is 8.00. The maximum absolute atomic E-state index is 14.5. The monoisotopic (exact) mass is 689 g/mol. The van der Waals surface area contributed by atoms with Crippen molar-refractivity contribution in [1.82, 2.24) is 15.2 Å². The molecule has 2 aliphatic rings. The van der Waals surface area contributed by atoms with Crippen molar-refractivity contribution >= 4 is 51.7 Å². The molecule has 2 amide bonds. The average Bonchev–Trinajstić information content (AvgIpc) is 3.55. The number of β-lactam (4-membered cyclic amide) rings is 1. The Kier molecular flexibility index (Phi) is 9.33. The van der Waals surface area contributed by atoms with Gasteiger partial charge in [-0.2, -0.15) is 0 Å². The second-order valence-electron chi connectivity index (χ2n) is 11.2. The van der Waals surface area contributed by atoms with Gasteiger partial charge in [0.15, 0.2) is 22.7 Å². The Bertz CT molecular complexity index is 1900. The standard InChI is InChI=1S/C33H31N5O8S2/c1-3-14-45-27-21(24(39)25(27)40)33(31(43)46-26(18-10-6-4-7-11-18)19-12-8-5-9-13-19)16-38-29(42)23(30(38)48-17-33)36-28(41)22(37-44-2)20-15-47-32(34)35-20/h4-13,15,23,26,30H,3,14,16-17H2,1-2H3,(H2,34,35)(H,36,41)/t23?,30-,33?/m1/s1. The number of fused-ring (bicyclic) bond motifs is 1. The van der Waals surface area contributed by atoms with Crippen LogP contribution in [0.25, 0.3) is 0 Å². The minimum absolute atomic E-state index is 0.0298. The van der Waals surface area contributed by atoms with E-state index in [0.717, 1.165) is 11.3 Å². The van der Waals surface area contributed by atoms with Gasteiger partial charge in [0, 0.05) is 17.7 Å². The average molecular weight is 690 g/mol. The predicted octanol–water partition coefficient (Wildman–Crippen LogP) is 2.13. The number of oxime groups is 1. The number of ether oxygens (including phenoxy) is 2. The molecule has 0 spiro atoms. The topological polar surface area (TPSA) is 180 Å². The number of esters is 1. The molecule has 3 heterocycles. The van der Waals surface area contributed by atoms with E-state index in [-0.39, 0.29) is 46.8 Å². The molecule has 0 aliphatic carbocycles. The highest BCUT2D eigenvalue weighted by atomic mass is 32.2. The van der Waals surface area contributed by atoms with Gasteiger partial charge < -0.3 is 30.3 Å². The lowest BCUT2D eigenvalue weighted by Crippen LogP contribution is -2.75. The molecule has 13 nitrogen and oxygen atoms in total. The zero-order valence-corrected chi connectivity index (χ0v) is 27.5. The van der Waals surface area contributed by atoms with E-state index >= 15 is 0 Å². The van der Waals surface area contributed by atoms with Gasteiger partial charge in [-0.05, 0) is 17.5 Å². The number of nitrogens with zero attached hydrogens (tertiary/aromatic N) is 3. The summed E-state index contributed by atoms with van der Waals surface area (Å²) in [6.45, 7) is 1.74. The fourth-order valence-electron chi connectivity index (χ4n) is 5.80. The third-order valence-electron chi connectivity index (χ3n) is 8.15. The van der Waals surface area contributed by atoms with Crippen LogP contribution in [0.15, 0.2) is 80.8 Å². The van der Waals surface area contributed by atoms with Crippen molar-refractivity contribution in [3.05, 3.63) is 109 Å². The predicted molar refractivity (Wildman–Crippen MR) is 180 cm³/mol. The molecule has 3 atom stereocenters. The number of carbonyl (C=O) groups excluding carboxylic acids is 3. The maximum Gasteiger partial charge on any atom is 0.320 e. The first-order chi connectivity index (χ1) is 23.2. The Labute approximate surface area is 282 Å². The first-order valence-electron chi connectivity index (χ1n) is 15.0. The molecule has 48 heavy (non-hydrogen) atoms. The van der Waals surface area contributed by atoms with E-state index in [1.807, 2.05) is 67.6 Å².